The largest absolute Gasteiger partial charge is 0.481 e. The van der Waals surface area contributed by atoms with Crippen LogP contribution in [0, 0.1) is 13.8 Å². The van der Waals surface area contributed by atoms with Crippen molar-refractivity contribution in [2.75, 3.05) is 18.6 Å². The minimum Gasteiger partial charge on any atom is -0.481 e. The van der Waals surface area contributed by atoms with Crippen LogP contribution in [-0.2, 0) is 6.54 Å². The van der Waals surface area contributed by atoms with Crippen molar-refractivity contribution in [1.29, 1.82) is 0 Å². The summed E-state index contributed by atoms with van der Waals surface area (Å²) in [5, 5.41) is 4.59. The molecule has 1 atom stereocenters. The van der Waals surface area contributed by atoms with E-state index in [0.29, 0.717) is 11.9 Å². The van der Waals surface area contributed by atoms with Crippen LogP contribution >= 0.6 is 0 Å². The first-order valence-electron chi connectivity index (χ1n) is 7.82. The first-order chi connectivity index (χ1) is 10.7. The van der Waals surface area contributed by atoms with E-state index in [0.717, 1.165) is 31.2 Å². The van der Waals surface area contributed by atoms with Gasteiger partial charge in [-0.2, -0.15) is 10.1 Å². The quantitative estimate of drug-likeness (QED) is 0.867. The second kappa shape index (κ2) is 6.34. The molecule has 2 aromatic heterocycles. The summed E-state index contributed by atoms with van der Waals surface area (Å²) in [6.07, 6.45) is 5.31. The molecule has 0 radical (unpaired) electrons. The maximum atomic E-state index is 5.23. The van der Waals surface area contributed by atoms with Crippen molar-refractivity contribution in [3.8, 4) is 5.88 Å². The molecule has 1 fully saturated rings. The van der Waals surface area contributed by atoms with Gasteiger partial charge in [0.2, 0.25) is 11.8 Å². The van der Waals surface area contributed by atoms with E-state index in [2.05, 4.69) is 37.6 Å². The van der Waals surface area contributed by atoms with E-state index in [1.165, 1.54) is 18.5 Å². The number of aryl methyl sites for hydroxylation is 2. The molecule has 118 valence electrons. The highest BCUT2D eigenvalue weighted by molar-refractivity contribution is 5.34. The Bertz CT molecular complexity index is 639. The normalized spacial score (nSPS) is 18.5. The molecule has 6 nitrogen and oxygen atoms in total. The van der Waals surface area contributed by atoms with Crippen molar-refractivity contribution >= 4 is 5.95 Å². The summed E-state index contributed by atoms with van der Waals surface area (Å²) in [5.41, 5.74) is 2.27. The van der Waals surface area contributed by atoms with Gasteiger partial charge in [0.25, 0.3) is 0 Å². The van der Waals surface area contributed by atoms with E-state index in [-0.39, 0.29) is 0 Å². The fourth-order valence-electron chi connectivity index (χ4n) is 3.10. The molecular formula is C16H23N5O. The van der Waals surface area contributed by atoms with Crippen LogP contribution in [0.1, 0.15) is 30.7 Å². The van der Waals surface area contributed by atoms with Gasteiger partial charge >= 0.3 is 0 Å². The number of hydrogen-bond acceptors (Lipinski definition) is 5. The lowest BCUT2D eigenvalue weighted by Gasteiger charge is -2.35. The van der Waals surface area contributed by atoms with Gasteiger partial charge in [0.05, 0.1) is 25.4 Å². The van der Waals surface area contributed by atoms with Gasteiger partial charge in [-0.25, -0.2) is 4.98 Å². The Balaban J connectivity index is 1.83. The van der Waals surface area contributed by atoms with E-state index in [9.17, 15) is 0 Å². The number of anilines is 1. The zero-order valence-corrected chi connectivity index (χ0v) is 13.5. The van der Waals surface area contributed by atoms with Crippen molar-refractivity contribution in [2.24, 2.45) is 0 Å². The van der Waals surface area contributed by atoms with Crippen LogP contribution < -0.4 is 9.64 Å². The van der Waals surface area contributed by atoms with Gasteiger partial charge in [0.1, 0.15) is 0 Å². The molecule has 1 aliphatic rings. The van der Waals surface area contributed by atoms with Crippen molar-refractivity contribution < 1.29 is 4.74 Å². The molecule has 3 rings (SSSR count). The van der Waals surface area contributed by atoms with Crippen LogP contribution in [0.3, 0.4) is 0 Å². The van der Waals surface area contributed by atoms with Gasteiger partial charge in [-0.05, 0) is 39.2 Å². The molecule has 3 heterocycles. The highest BCUT2D eigenvalue weighted by Crippen LogP contribution is 2.24. The molecule has 22 heavy (non-hydrogen) atoms. The average molecular weight is 301 g/mol. The average Bonchev–Trinajstić information content (AvgIpc) is 2.85. The summed E-state index contributed by atoms with van der Waals surface area (Å²) in [5.74, 6) is 1.37. The van der Waals surface area contributed by atoms with Gasteiger partial charge in [0.15, 0.2) is 0 Å². The minimum atomic E-state index is 0.374. The molecule has 2 aromatic rings. The van der Waals surface area contributed by atoms with Crippen LogP contribution in [0.25, 0.3) is 0 Å². The summed E-state index contributed by atoms with van der Waals surface area (Å²) in [6.45, 7) is 6.00. The fourth-order valence-corrected chi connectivity index (χ4v) is 3.10. The SMILES string of the molecule is COc1ccnc(N2CCCC[C@@H]2Cn2nc(C)cc2C)n1. The lowest BCUT2D eigenvalue weighted by molar-refractivity contribution is 0.379. The van der Waals surface area contributed by atoms with Crippen molar-refractivity contribution in [1.82, 2.24) is 19.7 Å². The maximum absolute atomic E-state index is 5.23. The second-order valence-electron chi connectivity index (χ2n) is 5.85. The molecule has 0 aromatic carbocycles. The van der Waals surface area contributed by atoms with Crippen molar-refractivity contribution in [3.05, 3.63) is 29.7 Å². The molecule has 6 heteroatoms. The Hall–Kier alpha value is -2.11. The van der Waals surface area contributed by atoms with Gasteiger partial charge in [-0.1, -0.05) is 0 Å². The van der Waals surface area contributed by atoms with Crippen molar-refractivity contribution in [2.45, 2.75) is 45.7 Å². The topological polar surface area (TPSA) is 56.1 Å². The summed E-state index contributed by atoms with van der Waals surface area (Å²) in [7, 11) is 1.63. The number of methoxy groups -OCH3 is 1. The Morgan fingerprint density at radius 2 is 2.18 bits per heavy atom. The first kappa shape index (κ1) is 14.8. The molecule has 1 aliphatic heterocycles. The number of nitrogens with zero attached hydrogens (tertiary/aromatic N) is 5. The molecule has 0 saturated carbocycles. The van der Waals surface area contributed by atoms with E-state index in [1.807, 2.05) is 6.92 Å². The van der Waals surface area contributed by atoms with E-state index in [1.54, 1.807) is 19.4 Å². The monoisotopic (exact) mass is 301 g/mol. The molecule has 0 amide bonds. The molecular weight excluding hydrogens is 278 g/mol. The summed E-state index contributed by atoms with van der Waals surface area (Å²) < 4.78 is 7.32. The molecule has 0 unspecified atom stereocenters. The molecule has 1 saturated heterocycles. The van der Waals surface area contributed by atoms with Gasteiger partial charge in [-0.3, -0.25) is 4.68 Å². The molecule has 0 N–H and O–H groups in total. The number of aromatic nitrogens is 4. The lowest BCUT2D eigenvalue weighted by atomic mass is 10.0. The van der Waals surface area contributed by atoms with Crippen LogP contribution in [0.5, 0.6) is 5.88 Å². The molecule has 0 spiro atoms. The summed E-state index contributed by atoms with van der Waals surface area (Å²) in [4.78, 5) is 11.2. The molecule has 0 aliphatic carbocycles. The van der Waals surface area contributed by atoms with E-state index >= 15 is 0 Å². The summed E-state index contributed by atoms with van der Waals surface area (Å²) >= 11 is 0. The zero-order chi connectivity index (χ0) is 15.5. The second-order valence-corrected chi connectivity index (χ2v) is 5.85. The maximum Gasteiger partial charge on any atom is 0.228 e. The molecule has 0 bridgehead atoms. The summed E-state index contributed by atoms with van der Waals surface area (Å²) in [6, 6.07) is 4.28. The minimum absolute atomic E-state index is 0.374. The Labute approximate surface area is 131 Å². The van der Waals surface area contributed by atoms with Crippen LogP contribution in [0.2, 0.25) is 0 Å². The third-order valence-electron chi connectivity index (χ3n) is 4.20. The number of ether oxygens (including phenoxy) is 1. The highest BCUT2D eigenvalue weighted by Gasteiger charge is 2.26. The highest BCUT2D eigenvalue weighted by atomic mass is 16.5. The third kappa shape index (κ3) is 3.05. The lowest BCUT2D eigenvalue weighted by Crippen LogP contribution is -2.43. The Morgan fingerprint density at radius 1 is 1.32 bits per heavy atom. The van der Waals surface area contributed by atoms with E-state index < -0.39 is 0 Å². The van der Waals surface area contributed by atoms with Crippen LogP contribution in [-0.4, -0.2) is 39.4 Å². The van der Waals surface area contributed by atoms with E-state index in [4.69, 9.17) is 4.74 Å². The number of hydrogen-bond donors (Lipinski definition) is 0. The van der Waals surface area contributed by atoms with Gasteiger partial charge in [-0.15, -0.1) is 0 Å². The number of piperidine rings is 1. The zero-order valence-electron chi connectivity index (χ0n) is 13.5. The van der Waals surface area contributed by atoms with Crippen LogP contribution in [0.15, 0.2) is 18.3 Å². The van der Waals surface area contributed by atoms with Gasteiger partial charge < -0.3 is 9.64 Å². The Kier molecular flexibility index (Phi) is 4.27. The predicted octanol–water partition coefficient (Wildman–Crippen LogP) is 2.36. The standard InChI is InChI=1S/C16H23N5O/c1-12-10-13(2)21(19-12)11-14-6-4-5-9-20(14)16-17-8-7-15(18-16)22-3/h7-8,10,14H,4-6,9,11H2,1-3H3/t14-/m1/s1. The smallest absolute Gasteiger partial charge is 0.228 e. The number of rotatable bonds is 4. The van der Waals surface area contributed by atoms with Crippen molar-refractivity contribution in [3.63, 3.8) is 0 Å². The van der Waals surface area contributed by atoms with Crippen LogP contribution in [0.4, 0.5) is 5.95 Å². The fraction of sp³-hybridized carbons (Fsp3) is 0.562. The van der Waals surface area contributed by atoms with Gasteiger partial charge in [0, 0.05) is 24.5 Å². The first-order valence-corrected chi connectivity index (χ1v) is 7.82. The Morgan fingerprint density at radius 3 is 2.91 bits per heavy atom. The predicted molar refractivity (Wildman–Crippen MR) is 85.3 cm³/mol. The third-order valence-corrected chi connectivity index (χ3v) is 4.20.